The van der Waals surface area contributed by atoms with Gasteiger partial charge in [0.1, 0.15) is 22.8 Å². The predicted molar refractivity (Wildman–Crippen MR) is 104 cm³/mol. The zero-order valence-corrected chi connectivity index (χ0v) is 16.1. The second kappa shape index (κ2) is 7.22. The van der Waals surface area contributed by atoms with Crippen LogP contribution in [0, 0.1) is 11.6 Å². The number of methoxy groups -OCH3 is 1. The third kappa shape index (κ3) is 3.19. The van der Waals surface area contributed by atoms with Gasteiger partial charge < -0.3 is 15.4 Å². The summed E-state index contributed by atoms with van der Waals surface area (Å²) in [4.78, 5) is 8.59. The molecule has 0 spiro atoms. The van der Waals surface area contributed by atoms with Crippen molar-refractivity contribution in [2.24, 2.45) is 0 Å². The number of imidazole rings is 1. The third-order valence-corrected chi connectivity index (χ3v) is 5.77. The molecule has 1 aliphatic heterocycles. The zero-order valence-electron chi connectivity index (χ0n) is 16.1. The van der Waals surface area contributed by atoms with Crippen LogP contribution in [0.1, 0.15) is 37.3 Å². The molecule has 7 nitrogen and oxygen atoms in total. The fraction of sp³-hybridized carbons (Fsp3) is 0.450. The lowest BCUT2D eigenvalue weighted by molar-refractivity contribution is 0.362. The van der Waals surface area contributed by atoms with E-state index in [0.717, 1.165) is 50.5 Å². The second-order valence-corrected chi connectivity index (χ2v) is 7.62. The topological polar surface area (TPSA) is 76.4 Å². The van der Waals surface area contributed by atoms with E-state index in [1.54, 1.807) is 17.7 Å². The van der Waals surface area contributed by atoms with Crippen LogP contribution in [0.4, 0.5) is 14.6 Å². The van der Waals surface area contributed by atoms with E-state index >= 15 is 0 Å². The van der Waals surface area contributed by atoms with E-state index in [4.69, 9.17) is 9.84 Å². The Morgan fingerprint density at radius 2 is 2.07 bits per heavy atom. The number of hydrogen-bond acceptors (Lipinski definition) is 6. The van der Waals surface area contributed by atoms with Gasteiger partial charge in [0.15, 0.2) is 23.1 Å². The van der Waals surface area contributed by atoms with Gasteiger partial charge in [-0.1, -0.05) is 6.42 Å². The van der Waals surface area contributed by atoms with Gasteiger partial charge in [0.05, 0.1) is 13.3 Å². The molecule has 5 rings (SSSR count). The quantitative estimate of drug-likeness (QED) is 0.685. The Morgan fingerprint density at radius 1 is 1.21 bits per heavy atom. The van der Waals surface area contributed by atoms with Crippen LogP contribution in [-0.2, 0) is 0 Å². The first kappa shape index (κ1) is 18.2. The minimum Gasteiger partial charge on any atom is -0.495 e. The van der Waals surface area contributed by atoms with Gasteiger partial charge in [0, 0.05) is 30.6 Å². The van der Waals surface area contributed by atoms with Gasteiger partial charge in [-0.25, -0.2) is 23.3 Å². The maximum absolute atomic E-state index is 14.7. The maximum Gasteiger partial charge on any atom is 0.168 e. The van der Waals surface area contributed by atoms with Gasteiger partial charge in [-0.3, -0.25) is 0 Å². The summed E-state index contributed by atoms with van der Waals surface area (Å²) in [7, 11) is 1.61. The summed E-state index contributed by atoms with van der Waals surface area (Å²) in [6, 6.07) is 2.72. The SMILES string of the molecule is COc1cc2ncc(-c3nc(NC4CCNC4)c(F)cc3F)n2nc1C1CCC1. The lowest BCUT2D eigenvalue weighted by Gasteiger charge is -2.26. The van der Waals surface area contributed by atoms with Gasteiger partial charge in [-0.05, 0) is 25.8 Å². The molecule has 2 N–H and O–H groups in total. The van der Waals surface area contributed by atoms with Crippen LogP contribution in [-0.4, -0.2) is 45.8 Å². The number of pyridine rings is 1. The van der Waals surface area contributed by atoms with Crippen LogP contribution in [0.15, 0.2) is 18.3 Å². The monoisotopic (exact) mass is 400 g/mol. The molecule has 1 aliphatic carbocycles. The molecule has 0 bridgehead atoms. The van der Waals surface area contributed by atoms with Crippen LogP contribution in [0.2, 0.25) is 0 Å². The Balaban J connectivity index is 1.59. The number of ether oxygens (including phenoxy) is 1. The van der Waals surface area contributed by atoms with Crippen molar-refractivity contribution in [1.82, 2.24) is 24.9 Å². The van der Waals surface area contributed by atoms with Crippen LogP contribution < -0.4 is 15.4 Å². The lowest BCUT2D eigenvalue weighted by Crippen LogP contribution is -2.23. The largest absolute Gasteiger partial charge is 0.495 e. The van der Waals surface area contributed by atoms with E-state index in [9.17, 15) is 8.78 Å². The molecule has 1 saturated carbocycles. The standard InChI is InChI=1S/C20H22F2N6O/c1-29-16-8-17-24-10-15(28(17)27-18(16)11-3-2-4-11)19-13(21)7-14(22)20(26-19)25-12-5-6-23-9-12/h7-8,10-12,23H,2-6,9H2,1H3,(H,25,26). The number of fused-ring (bicyclic) bond motifs is 1. The van der Waals surface area contributed by atoms with Crippen molar-refractivity contribution >= 4 is 11.5 Å². The molecule has 2 fully saturated rings. The molecule has 0 radical (unpaired) electrons. The van der Waals surface area contributed by atoms with Crippen molar-refractivity contribution in [3.05, 3.63) is 35.7 Å². The van der Waals surface area contributed by atoms with Gasteiger partial charge in [0.25, 0.3) is 0 Å². The van der Waals surface area contributed by atoms with Crippen molar-refractivity contribution in [3.8, 4) is 17.1 Å². The molecule has 0 amide bonds. The Bertz CT molecular complexity index is 1060. The molecule has 1 unspecified atom stereocenters. The van der Waals surface area contributed by atoms with Crippen LogP contribution in [0.3, 0.4) is 0 Å². The highest BCUT2D eigenvalue weighted by Crippen LogP contribution is 2.40. The van der Waals surface area contributed by atoms with E-state index in [-0.39, 0.29) is 17.6 Å². The Hall–Kier alpha value is -2.81. The molecule has 2 aliphatic rings. The minimum atomic E-state index is -0.748. The van der Waals surface area contributed by atoms with Crippen LogP contribution >= 0.6 is 0 Å². The summed E-state index contributed by atoms with van der Waals surface area (Å²) < 4.78 is 36.1. The number of anilines is 1. The van der Waals surface area contributed by atoms with Gasteiger partial charge in [-0.15, -0.1) is 0 Å². The number of halogens is 2. The zero-order chi connectivity index (χ0) is 20.0. The summed E-state index contributed by atoms with van der Waals surface area (Å²) in [5.41, 5.74) is 1.77. The number of rotatable bonds is 5. The van der Waals surface area contributed by atoms with E-state index in [2.05, 4.69) is 20.6 Å². The summed E-state index contributed by atoms with van der Waals surface area (Å²) in [6.45, 7) is 1.58. The lowest BCUT2D eigenvalue weighted by atomic mass is 9.82. The van der Waals surface area contributed by atoms with Crippen LogP contribution in [0.5, 0.6) is 5.75 Å². The molecule has 0 aromatic carbocycles. The van der Waals surface area contributed by atoms with Crippen LogP contribution in [0.25, 0.3) is 17.0 Å². The molecule has 3 aromatic heterocycles. The fourth-order valence-electron chi connectivity index (χ4n) is 3.92. The van der Waals surface area contributed by atoms with Crippen molar-refractivity contribution in [2.45, 2.75) is 37.6 Å². The van der Waals surface area contributed by atoms with Crippen molar-refractivity contribution in [2.75, 3.05) is 25.5 Å². The smallest absolute Gasteiger partial charge is 0.168 e. The average Bonchev–Trinajstić information content (AvgIpc) is 3.31. The normalized spacial score (nSPS) is 19.5. The van der Waals surface area contributed by atoms with Crippen molar-refractivity contribution in [1.29, 1.82) is 0 Å². The maximum atomic E-state index is 14.7. The van der Waals surface area contributed by atoms with Crippen molar-refractivity contribution < 1.29 is 13.5 Å². The second-order valence-electron chi connectivity index (χ2n) is 7.62. The Kier molecular flexibility index (Phi) is 4.54. The van der Waals surface area contributed by atoms with E-state index in [0.29, 0.717) is 23.0 Å². The molecule has 3 aromatic rings. The van der Waals surface area contributed by atoms with E-state index in [1.807, 2.05) is 0 Å². The highest BCUT2D eigenvalue weighted by molar-refractivity contribution is 5.63. The fourth-order valence-corrected chi connectivity index (χ4v) is 3.92. The number of nitrogens with zero attached hydrogens (tertiary/aromatic N) is 4. The van der Waals surface area contributed by atoms with Gasteiger partial charge in [-0.2, -0.15) is 5.10 Å². The first-order valence-corrected chi connectivity index (χ1v) is 9.90. The molecular weight excluding hydrogens is 378 g/mol. The summed E-state index contributed by atoms with van der Waals surface area (Å²) in [6.07, 6.45) is 5.62. The highest BCUT2D eigenvalue weighted by atomic mass is 19.1. The summed E-state index contributed by atoms with van der Waals surface area (Å²) >= 11 is 0. The van der Waals surface area contributed by atoms with Crippen molar-refractivity contribution in [3.63, 3.8) is 0 Å². The highest BCUT2D eigenvalue weighted by Gasteiger charge is 2.27. The van der Waals surface area contributed by atoms with Gasteiger partial charge in [0.2, 0.25) is 0 Å². The number of hydrogen-bond donors (Lipinski definition) is 2. The number of aromatic nitrogens is 4. The first-order chi connectivity index (χ1) is 14.1. The summed E-state index contributed by atoms with van der Waals surface area (Å²) in [5, 5.41) is 11.0. The third-order valence-electron chi connectivity index (χ3n) is 5.77. The number of nitrogens with one attached hydrogen (secondary N) is 2. The van der Waals surface area contributed by atoms with Gasteiger partial charge >= 0.3 is 0 Å². The Morgan fingerprint density at radius 3 is 2.76 bits per heavy atom. The molecule has 29 heavy (non-hydrogen) atoms. The molecule has 152 valence electrons. The van der Waals surface area contributed by atoms with E-state index in [1.165, 1.54) is 6.20 Å². The molecule has 4 heterocycles. The molecule has 1 saturated heterocycles. The predicted octanol–water partition coefficient (Wildman–Crippen LogP) is 3.12. The molecule has 1 atom stereocenters. The minimum absolute atomic E-state index is 0.0181. The average molecular weight is 400 g/mol. The molecule has 9 heteroatoms. The van der Waals surface area contributed by atoms with E-state index < -0.39 is 11.6 Å². The first-order valence-electron chi connectivity index (χ1n) is 9.90. The molecular formula is C20H22F2N6O. The Labute approximate surface area is 166 Å². The summed E-state index contributed by atoms with van der Waals surface area (Å²) in [5.74, 6) is -0.414.